The molecule has 0 aliphatic heterocycles. The second kappa shape index (κ2) is 8.02. The molecular formula is C17H21Cl2NO3. The summed E-state index contributed by atoms with van der Waals surface area (Å²) in [5.74, 6) is 0.00762. The maximum absolute atomic E-state index is 12.0. The van der Waals surface area contributed by atoms with Crippen molar-refractivity contribution in [3.8, 4) is 0 Å². The van der Waals surface area contributed by atoms with Gasteiger partial charge in [-0.25, -0.2) is 4.79 Å². The number of benzene rings is 1. The standard InChI is InChI=1S/C17H21Cl2NO3/c1-10-5-3-8-14(11(10)2)20-15(21)9-23-17(22)16-12(18)6-4-7-13(16)19/h4,6-7,10-11,14H,3,5,8-9H2,1-2H3,(H,20,21)/t10-,11+,14+/m1/s1. The molecule has 1 aromatic carbocycles. The van der Waals surface area contributed by atoms with Gasteiger partial charge < -0.3 is 10.1 Å². The third kappa shape index (κ3) is 4.61. The van der Waals surface area contributed by atoms with E-state index < -0.39 is 5.97 Å². The molecule has 2 rings (SSSR count). The first-order valence-electron chi connectivity index (χ1n) is 7.80. The van der Waals surface area contributed by atoms with E-state index in [1.54, 1.807) is 18.2 Å². The van der Waals surface area contributed by atoms with Crippen LogP contribution in [0.25, 0.3) is 0 Å². The molecule has 1 amide bonds. The molecule has 1 saturated carbocycles. The average Bonchev–Trinajstić information content (AvgIpc) is 2.49. The lowest BCUT2D eigenvalue weighted by Gasteiger charge is -2.34. The van der Waals surface area contributed by atoms with E-state index in [4.69, 9.17) is 27.9 Å². The fourth-order valence-corrected chi connectivity index (χ4v) is 3.48. The number of hydrogen-bond donors (Lipinski definition) is 1. The quantitative estimate of drug-likeness (QED) is 0.825. The number of hydrogen-bond acceptors (Lipinski definition) is 3. The van der Waals surface area contributed by atoms with E-state index in [0.29, 0.717) is 11.8 Å². The van der Waals surface area contributed by atoms with Crippen molar-refractivity contribution in [1.82, 2.24) is 5.32 Å². The van der Waals surface area contributed by atoms with Crippen molar-refractivity contribution < 1.29 is 14.3 Å². The van der Waals surface area contributed by atoms with Crippen LogP contribution in [0.15, 0.2) is 18.2 Å². The Morgan fingerprint density at radius 1 is 1.22 bits per heavy atom. The van der Waals surface area contributed by atoms with Gasteiger partial charge in [0.15, 0.2) is 6.61 Å². The van der Waals surface area contributed by atoms with Gasteiger partial charge in [-0.05, 0) is 30.4 Å². The van der Waals surface area contributed by atoms with Crippen LogP contribution in [-0.2, 0) is 9.53 Å². The van der Waals surface area contributed by atoms with E-state index >= 15 is 0 Å². The lowest BCUT2D eigenvalue weighted by atomic mass is 9.78. The van der Waals surface area contributed by atoms with Crippen LogP contribution < -0.4 is 5.32 Å². The highest BCUT2D eigenvalue weighted by molar-refractivity contribution is 6.39. The first kappa shape index (κ1) is 18.1. The van der Waals surface area contributed by atoms with E-state index in [1.807, 2.05) is 0 Å². The summed E-state index contributed by atoms with van der Waals surface area (Å²) in [5, 5.41) is 3.37. The number of rotatable bonds is 4. The Hall–Kier alpha value is -1.26. The van der Waals surface area contributed by atoms with Crippen LogP contribution in [0.4, 0.5) is 0 Å². The Labute approximate surface area is 146 Å². The Morgan fingerprint density at radius 3 is 2.52 bits per heavy atom. The van der Waals surface area contributed by atoms with E-state index in [-0.39, 0.29) is 34.2 Å². The number of amides is 1. The summed E-state index contributed by atoms with van der Waals surface area (Å²) in [4.78, 5) is 24.0. The second-order valence-electron chi connectivity index (χ2n) is 6.11. The zero-order chi connectivity index (χ0) is 17.0. The topological polar surface area (TPSA) is 55.4 Å². The SMILES string of the molecule is C[C@H]1[C@H](C)CCC[C@@H]1NC(=O)COC(=O)c1c(Cl)cccc1Cl. The predicted octanol–water partition coefficient (Wildman–Crippen LogP) is 4.09. The molecule has 0 bridgehead atoms. The highest BCUT2D eigenvalue weighted by Crippen LogP contribution is 2.29. The second-order valence-corrected chi connectivity index (χ2v) is 6.93. The number of ether oxygens (including phenoxy) is 1. The summed E-state index contributed by atoms with van der Waals surface area (Å²) in [6.45, 7) is 4.00. The Balaban J connectivity index is 1.88. The van der Waals surface area contributed by atoms with Gasteiger partial charge in [0, 0.05) is 6.04 Å². The molecule has 1 aromatic rings. The van der Waals surface area contributed by atoms with Gasteiger partial charge in [-0.1, -0.05) is 56.0 Å². The first-order valence-corrected chi connectivity index (χ1v) is 8.56. The van der Waals surface area contributed by atoms with Crippen molar-refractivity contribution in [2.24, 2.45) is 11.8 Å². The van der Waals surface area contributed by atoms with Crippen LogP contribution in [0.3, 0.4) is 0 Å². The average molecular weight is 358 g/mol. The summed E-state index contributed by atoms with van der Waals surface area (Å²) in [7, 11) is 0. The molecule has 126 valence electrons. The Kier molecular flexibility index (Phi) is 6.31. The number of esters is 1. The summed E-state index contributed by atoms with van der Waals surface area (Å²) in [6.07, 6.45) is 3.25. The van der Waals surface area contributed by atoms with Crippen molar-refractivity contribution in [3.05, 3.63) is 33.8 Å². The van der Waals surface area contributed by atoms with Gasteiger partial charge in [-0.2, -0.15) is 0 Å². The molecule has 1 N–H and O–H groups in total. The third-order valence-corrected chi connectivity index (χ3v) is 5.18. The largest absolute Gasteiger partial charge is 0.452 e. The normalized spacial score (nSPS) is 24.1. The molecule has 1 aliphatic rings. The highest BCUT2D eigenvalue weighted by atomic mass is 35.5. The zero-order valence-electron chi connectivity index (χ0n) is 13.3. The molecule has 6 heteroatoms. The van der Waals surface area contributed by atoms with Gasteiger partial charge >= 0.3 is 5.97 Å². The smallest absolute Gasteiger partial charge is 0.341 e. The van der Waals surface area contributed by atoms with Crippen molar-refractivity contribution in [2.45, 2.75) is 39.2 Å². The monoisotopic (exact) mass is 357 g/mol. The van der Waals surface area contributed by atoms with Gasteiger partial charge in [-0.15, -0.1) is 0 Å². The predicted molar refractivity (Wildman–Crippen MR) is 90.9 cm³/mol. The molecule has 0 aromatic heterocycles. The lowest BCUT2D eigenvalue weighted by molar-refractivity contribution is -0.125. The van der Waals surface area contributed by atoms with Gasteiger partial charge in [-0.3, -0.25) is 4.79 Å². The van der Waals surface area contributed by atoms with E-state index in [2.05, 4.69) is 19.2 Å². The highest BCUT2D eigenvalue weighted by Gasteiger charge is 2.28. The number of carbonyl (C=O) groups excluding carboxylic acids is 2. The number of halogens is 2. The van der Waals surface area contributed by atoms with Crippen LogP contribution in [0.2, 0.25) is 10.0 Å². The van der Waals surface area contributed by atoms with Gasteiger partial charge in [0.05, 0.1) is 15.6 Å². The minimum atomic E-state index is -0.694. The summed E-state index contributed by atoms with van der Waals surface area (Å²) in [6, 6.07) is 4.87. The van der Waals surface area contributed by atoms with E-state index in [1.165, 1.54) is 6.42 Å². The molecule has 1 aliphatic carbocycles. The van der Waals surface area contributed by atoms with Crippen LogP contribution in [0.1, 0.15) is 43.5 Å². The molecule has 0 radical (unpaired) electrons. The van der Waals surface area contributed by atoms with E-state index in [0.717, 1.165) is 12.8 Å². The van der Waals surface area contributed by atoms with Crippen LogP contribution in [-0.4, -0.2) is 24.5 Å². The van der Waals surface area contributed by atoms with Crippen molar-refractivity contribution >= 4 is 35.1 Å². The minimum Gasteiger partial charge on any atom is -0.452 e. The summed E-state index contributed by atoms with van der Waals surface area (Å²) in [5.41, 5.74) is 0.0864. The van der Waals surface area contributed by atoms with Gasteiger partial charge in [0.2, 0.25) is 0 Å². The Bertz CT molecular complexity index is 571. The van der Waals surface area contributed by atoms with Crippen molar-refractivity contribution in [1.29, 1.82) is 0 Å². The molecule has 0 unspecified atom stereocenters. The van der Waals surface area contributed by atoms with Crippen molar-refractivity contribution in [2.75, 3.05) is 6.61 Å². The van der Waals surface area contributed by atoms with Gasteiger partial charge in [0.1, 0.15) is 0 Å². The molecule has 0 heterocycles. The third-order valence-electron chi connectivity index (χ3n) is 4.55. The molecule has 0 spiro atoms. The molecule has 4 nitrogen and oxygen atoms in total. The zero-order valence-corrected chi connectivity index (χ0v) is 14.8. The molecule has 1 fully saturated rings. The minimum absolute atomic E-state index is 0.0864. The fourth-order valence-electron chi connectivity index (χ4n) is 2.93. The fraction of sp³-hybridized carbons (Fsp3) is 0.529. The summed E-state index contributed by atoms with van der Waals surface area (Å²) >= 11 is 11.9. The van der Waals surface area contributed by atoms with Crippen LogP contribution >= 0.6 is 23.2 Å². The van der Waals surface area contributed by atoms with Gasteiger partial charge in [0.25, 0.3) is 5.91 Å². The maximum atomic E-state index is 12.0. The number of nitrogens with one attached hydrogen (secondary N) is 1. The first-order chi connectivity index (χ1) is 10.9. The maximum Gasteiger partial charge on any atom is 0.341 e. The molecule has 3 atom stereocenters. The summed E-state index contributed by atoms with van der Waals surface area (Å²) < 4.78 is 5.04. The Morgan fingerprint density at radius 2 is 1.87 bits per heavy atom. The lowest BCUT2D eigenvalue weighted by Crippen LogP contribution is -2.45. The van der Waals surface area contributed by atoms with E-state index in [9.17, 15) is 9.59 Å². The van der Waals surface area contributed by atoms with Crippen LogP contribution in [0.5, 0.6) is 0 Å². The number of carbonyl (C=O) groups is 2. The van der Waals surface area contributed by atoms with Crippen LogP contribution in [0, 0.1) is 11.8 Å². The molecule has 23 heavy (non-hydrogen) atoms. The molecule has 0 saturated heterocycles. The van der Waals surface area contributed by atoms with Crippen molar-refractivity contribution in [3.63, 3.8) is 0 Å². The molecular weight excluding hydrogens is 337 g/mol.